The van der Waals surface area contributed by atoms with Crippen LogP contribution in [-0.4, -0.2) is 13.9 Å². The van der Waals surface area contributed by atoms with Crippen LogP contribution in [0.5, 0.6) is 0 Å². The summed E-state index contributed by atoms with van der Waals surface area (Å²) in [6.07, 6.45) is 14.1. The molecule has 0 amide bonds. The Labute approximate surface area is 139 Å². The van der Waals surface area contributed by atoms with Gasteiger partial charge in [-0.1, -0.05) is 0 Å². The van der Waals surface area contributed by atoms with Crippen molar-refractivity contribution in [3.8, 4) is 0 Å². The third kappa shape index (κ3) is 3.46. The van der Waals surface area contributed by atoms with Crippen molar-refractivity contribution in [2.75, 3.05) is 0 Å². The predicted molar refractivity (Wildman–Crippen MR) is 83.9 cm³/mol. The maximum atomic E-state index is 4.44. The number of aryl methyl sites for hydroxylation is 1. The quantitative estimate of drug-likeness (QED) is 0.799. The Morgan fingerprint density at radius 3 is 2.68 bits per heavy atom. The molecule has 3 nitrogen and oxygen atoms in total. The fourth-order valence-corrected chi connectivity index (χ4v) is 2.83. The Bertz CT molecular complexity index is 682. The van der Waals surface area contributed by atoms with Gasteiger partial charge in [0, 0.05) is 0 Å². The zero-order valence-electron chi connectivity index (χ0n) is 12.5. The second-order valence-electron chi connectivity index (χ2n) is 5.72. The molecule has 1 aliphatic heterocycles. The average Bonchev–Trinajstić information content (AvgIpc) is 2.57. The topological polar surface area (TPSA) is 29.0 Å². The van der Waals surface area contributed by atoms with Gasteiger partial charge >= 0.3 is 140 Å². The van der Waals surface area contributed by atoms with Gasteiger partial charge in [-0.2, -0.15) is 0 Å². The van der Waals surface area contributed by atoms with Crippen molar-refractivity contribution in [1.82, 2.24) is 13.9 Å². The van der Waals surface area contributed by atoms with Crippen LogP contribution in [0.25, 0.3) is 5.70 Å². The number of hydrogen-bond acceptors (Lipinski definition) is 3. The number of aromatic nitrogens is 2. The summed E-state index contributed by atoms with van der Waals surface area (Å²) in [4.78, 5) is 8.51. The van der Waals surface area contributed by atoms with E-state index in [0.29, 0.717) is 0 Å². The fraction of sp³-hybridized carbons (Fsp3) is 0.222. The van der Waals surface area contributed by atoms with Gasteiger partial charge in [-0.3, -0.25) is 0 Å². The van der Waals surface area contributed by atoms with Crippen molar-refractivity contribution in [2.24, 2.45) is 5.41 Å². The third-order valence-electron chi connectivity index (χ3n) is 3.90. The monoisotopic (exact) mass is 332 g/mol. The second-order valence-corrected chi connectivity index (χ2v) is 6.25. The van der Waals surface area contributed by atoms with Crippen LogP contribution in [-0.2, 0) is 22.7 Å². The molecule has 0 aliphatic carbocycles. The summed E-state index contributed by atoms with van der Waals surface area (Å²) in [6.45, 7) is 2.25. The van der Waals surface area contributed by atoms with Gasteiger partial charge in [-0.25, -0.2) is 0 Å². The van der Waals surface area contributed by atoms with Crippen molar-refractivity contribution < 1.29 is 16.2 Å². The standard InChI is InChI=1S/C18H18N3.Fe/c1-18(8-5-15-6-11-19-12-7-15)9-13-21-17(14-18)16-4-2-3-10-20-16;/h2-4,6-7,9-14H,5,8H2,1H3;/q-1;+1. The summed E-state index contributed by atoms with van der Waals surface area (Å²) in [6, 6.07) is 10.1. The van der Waals surface area contributed by atoms with E-state index in [-0.39, 0.29) is 5.41 Å². The van der Waals surface area contributed by atoms with Crippen LogP contribution in [0, 0.1) is 5.41 Å². The van der Waals surface area contributed by atoms with Gasteiger partial charge in [0.2, 0.25) is 0 Å². The number of nitrogens with zero attached hydrogens (tertiary/aromatic N) is 3. The van der Waals surface area contributed by atoms with E-state index in [0.717, 1.165) is 24.2 Å². The number of hydrogen-bond donors (Lipinski definition) is 0. The van der Waals surface area contributed by atoms with E-state index in [4.69, 9.17) is 0 Å². The summed E-state index contributed by atoms with van der Waals surface area (Å²) in [7, 11) is 0. The van der Waals surface area contributed by atoms with Crippen LogP contribution in [0.2, 0.25) is 0 Å². The average molecular weight is 332 g/mol. The SMILES string of the molecule is CC1(CCc2ccncc2)C=C[N]([Fe])C(c2ccccn2)=C1. The van der Waals surface area contributed by atoms with Crippen molar-refractivity contribution in [2.45, 2.75) is 19.8 Å². The summed E-state index contributed by atoms with van der Waals surface area (Å²) in [5.74, 6) is 0. The van der Waals surface area contributed by atoms with Crippen molar-refractivity contribution in [3.05, 3.63) is 78.5 Å². The van der Waals surface area contributed by atoms with Crippen LogP contribution in [0.3, 0.4) is 0 Å². The molecular weight excluding hydrogens is 314 g/mol. The molecule has 4 heteroatoms. The van der Waals surface area contributed by atoms with Gasteiger partial charge in [0.1, 0.15) is 0 Å². The zero-order valence-corrected chi connectivity index (χ0v) is 13.6. The normalized spacial score (nSPS) is 20.8. The van der Waals surface area contributed by atoms with Crippen LogP contribution in [0.1, 0.15) is 24.6 Å². The summed E-state index contributed by atoms with van der Waals surface area (Å²) in [5.41, 5.74) is 3.33. The van der Waals surface area contributed by atoms with Crippen molar-refractivity contribution >= 4 is 5.70 Å². The first kappa shape index (κ1) is 15.0. The van der Waals surface area contributed by atoms with E-state index in [2.05, 4.69) is 57.4 Å². The van der Waals surface area contributed by atoms with Crippen LogP contribution < -0.4 is 0 Å². The van der Waals surface area contributed by atoms with Gasteiger partial charge in [-0.15, -0.1) is 0 Å². The van der Waals surface area contributed by atoms with E-state index < -0.39 is 0 Å². The first-order valence-corrected chi connectivity index (χ1v) is 7.82. The number of allylic oxidation sites excluding steroid dienone is 2. The molecule has 0 spiro atoms. The third-order valence-corrected chi connectivity index (χ3v) is 4.33. The Balaban J connectivity index is 1.80. The Kier molecular flexibility index (Phi) is 4.41. The molecule has 0 radical (unpaired) electrons. The van der Waals surface area contributed by atoms with E-state index in [1.54, 1.807) is 0 Å². The van der Waals surface area contributed by atoms with Gasteiger partial charge < -0.3 is 0 Å². The molecule has 0 saturated carbocycles. The molecule has 2 aromatic heterocycles. The van der Waals surface area contributed by atoms with Crippen molar-refractivity contribution in [3.63, 3.8) is 0 Å². The van der Waals surface area contributed by atoms with Gasteiger partial charge in [0.25, 0.3) is 0 Å². The molecule has 1 aliphatic rings. The molecule has 113 valence electrons. The molecule has 1 atom stereocenters. The fourth-order valence-electron chi connectivity index (χ4n) is 2.55. The first-order chi connectivity index (χ1) is 10.7. The first-order valence-electron chi connectivity index (χ1n) is 7.33. The summed E-state index contributed by atoms with van der Waals surface area (Å²) in [5, 5.41) is 0. The molecule has 0 bridgehead atoms. The van der Waals surface area contributed by atoms with Gasteiger partial charge in [0.15, 0.2) is 0 Å². The molecule has 0 N–H and O–H groups in total. The minimum atomic E-state index is 0.00428. The van der Waals surface area contributed by atoms with E-state index in [1.165, 1.54) is 5.56 Å². The summed E-state index contributed by atoms with van der Waals surface area (Å²) < 4.78 is 1.89. The molecule has 3 rings (SSSR count). The van der Waals surface area contributed by atoms with Gasteiger partial charge in [-0.05, 0) is 0 Å². The minimum absolute atomic E-state index is 0.00428. The maximum absolute atomic E-state index is 4.44. The molecule has 2 aromatic rings. The van der Waals surface area contributed by atoms with Crippen LogP contribution in [0.15, 0.2) is 67.3 Å². The summed E-state index contributed by atoms with van der Waals surface area (Å²) >= 11 is 4.07. The molecule has 0 aromatic carbocycles. The molecular formula is C18H18FeN3. The van der Waals surface area contributed by atoms with Crippen LogP contribution in [0.4, 0.5) is 0 Å². The molecule has 0 saturated heterocycles. The number of pyridine rings is 2. The van der Waals surface area contributed by atoms with E-state index >= 15 is 0 Å². The Morgan fingerprint density at radius 2 is 1.95 bits per heavy atom. The van der Waals surface area contributed by atoms with E-state index in [9.17, 15) is 0 Å². The Hall–Kier alpha value is -1.90. The molecule has 3 heterocycles. The molecule has 0 fully saturated rings. The second kappa shape index (κ2) is 6.47. The molecule has 1 unspecified atom stereocenters. The molecule has 22 heavy (non-hydrogen) atoms. The Morgan fingerprint density at radius 1 is 1.14 bits per heavy atom. The van der Waals surface area contributed by atoms with E-state index in [1.807, 2.05) is 46.9 Å². The number of rotatable bonds is 4. The van der Waals surface area contributed by atoms with Gasteiger partial charge in [0.05, 0.1) is 0 Å². The van der Waals surface area contributed by atoms with Crippen LogP contribution >= 0.6 is 0 Å². The van der Waals surface area contributed by atoms with Crippen molar-refractivity contribution in [1.29, 1.82) is 0 Å². The predicted octanol–water partition coefficient (Wildman–Crippen LogP) is 3.75. The zero-order chi connectivity index (χ0) is 15.4.